The van der Waals surface area contributed by atoms with E-state index in [1.807, 2.05) is 17.5 Å². The lowest BCUT2D eigenvalue weighted by Crippen LogP contribution is -2.46. The first-order chi connectivity index (χ1) is 11.7. The maximum absolute atomic E-state index is 4.62. The van der Waals surface area contributed by atoms with Crippen LogP contribution in [0.1, 0.15) is 17.0 Å². The molecule has 3 aromatic rings. The summed E-state index contributed by atoms with van der Waals surface area (Å²) in [7, 11) is 0. The lowest BCUT2D eigenvalue weighted by Gasteiger charge is -2.36. The summed E-state index contributed by atoms with van der Waals surface area (Å²) < 4.78 is 1.98. The Bertz CT molecular complexity index is 832. The number of nitrogens with zero attached hydrogens (tertiary/aromatic N) is 5. The van der Waals surface area contributed by atoms with Gasteiger partial charge in [0.15, 0.2) is 5.65 Å². The number of piperazine rings is 1. The zero-order valence-corrected chi connectivity index (χ0v) is 14.3. The highest BCUT2D eigenvalue weighted by molar-refractivity contribution is 5.52. The molecule has 5 heteroatoms. The molecule has 0 radical (unpaired) electrons. The molecule has 1 aliphatic heterocycles. The van der Waals surface area contributed by atoms with E-state index in [9.17, 15) is 0 Å². The standard InChI is InChI=1S/C19H23N5/c1-15-13-19(24-18(20-15)12-16(2)21-24)23-10-8-22(9-11-23)14-17-6-4-3-5-7-17/h3-7,12-13H,8-11,14H2,1-2H3. The van der Waals surface area contributed by atoms with Crippen LogP contribution in [0.5, 0.6) is 0 Å². The highest BCUT2D eigenvalue weighted by atomic mass is 15.4. The highest BCUT2D eigenvalue weighted by Crippen LogP contribution is 2.20. The van der Waals surface area contributed by atoms with Crippen LogP contribution in [-0.2, 0) is 6.54 Å². The van der Waals surface area contributed by atoms with Crippen molar-refractivity contribution in [2.45, 2.75) is 20.4 Å². The molecule has 1 saturated heterocycles. The van der Waals surface area contributed by atoms with Crippen molar-refractivity contribution in [2.24, 2.45) is 0 Å². The predicted molar refractivity (Wildman–Crippen MR) is 96.4 cm³/mol. The van der Waals surface area contributed by atoms with Crippen LogP contribution in [0.2, 0.25) is 0 Å². The molecule has 1 aromatic carbocycles. The van der Waals surface area contributed by atoms with Gasteiger partial charge in [-0.15, -0.1) is 0 Å². The normalized spacial score (nSPS) is 16.0. The number of fused-ring (bicyclic) bond motifs is 1. The van der Waals surface area contributed by atoms with E-state index in [0.29, 0.717) is 0 Å². The fourth-order valence-corrected chi connectivity index (χ4v) is 3.40. The van der Waals surface area contributed by atoms with Gasteiger partial charge in [-0.1, -0.05) is 30.3 Å². The molecule has 4 rings (SSSR count). The van der Waals surface area contributed by atoms with E-state index in [4.69, 9.17) is 0 Å². The van der Waals surface area contributed by atoms with Gasteiger partial charge in [-0.3, -0.25) is 4.90 Å². The molecule has 0 saturated carbocycles. The van der Waals surface area contributed by atoms with E-state index in [0.717, 1.165) is 55.6 Å². The third-order valence-corrected chi connectivity index (χ3v) is 4.60. The Morgan fingerprint density at radius 3 is 2.42 bits per heavy atom. The fraction of sp³-hybridized carbons (Fsp3) is 0.368. The summed E-state index contributed by atoms with van der Waals surface area (Å²) in [5, 5.41) is 4.62. The number of hydrogen-bond acceptors (Lipinski definition) is 4. The number of hydrogen-bond donors (Lipinski definition) is 0. The summed E-state index contributed by atoms with van der Waals surface area (Å²) in [4.78, 5) is 9.53. The Morgan fingerprint density at radius 1 is 0.917 bits per heavy atom. The molecule has 0 spiro atoms. The van der Waals surface area contributed by atoms with Gasteiger partial charge in [0, 0.05) is 50.6 Å². The van der Waals surface area contributed by atoms with Crippen molar-refractivity contribution in [3.63, 3.8) is 0 Å². The predicted octanol–water partition coefficient (Wildman–Crippen LogP) is 2.67. The van der Waals surface area contributed by atoms with Gasteiger partial charge in [0.25, 0.3) is 0 Å². The topological polar surface area (TPSA) is 36.7 Å². The molecule has 5 nitrogen and oxygen atoms in total. The van der Waals surface area contributed by atoms with Crippen molar-refractivity contribution in [1.29, 1.82) is 0 Å². The van der Waals surface area contributed by atoms with E-state index >= 15 is 0 Å². The molecular formula is C19H23N5. The monoisotopic (exact) mass is 321 g/mol. The van der Waals surface area contributed by atoms with E-state index in [1.165, 1.54) is 5.56 Å². The van der Waals surface area contributed by atoms with Crippen LogP contribution < -0.4 is 4.90 Å². The minimum absolute atomic E-state index is 0.939. The fourth-order valence-electron chi connectivity index (χ4n) is 3.40. The van der Waals surface area contributed by atoms with E-state index < -0.39 is 0 Å². The Labute approximate surface area is 142 Å². The zero-order valence-electron chi connectivity index (χ0n) is 14.3. The van der Waals surface area contributed by atoms with Crippen molar-refractivity contribution in [1.82, 2.24) is 19.5 Å². The lowest BCUT2D eigenvalue weighted by molar-refractivity contribution is 0.249. The van der Waals surface area contributed by atoms with Crippen molar-refractivity contribution in [3.8, 4) is 0 Å². The van der Waals surface area contributed by atoms with Gasteiger partial charge in [-0.05, 0) is 19.4 Å². The Morgan fingerprint density at radius 2 is 1.67 bits per heavy atom. The molecule has 0 unspecified atom stereocenters. The van der Waals surface area contributed by atoms with Gasteiger partial charge >= 0.3 is 0 Å². The van der Waals surface area contributed by atoms with Crippen molar-refractivity contribution in [3.05, 3.63) is 59.4 Å². The van der Waals surface area contributed by atoms with Crippen LogP contribution in [0.15, 0.2) is 42.5 Å². The van der Waals surface area contributed by atoms with E-state index in [2.05, 4.69) is 63.2 Å². The SMILES string of the molecule is Cc1cc(N2CCN(Cc3ccccc3)CC2)n2nc(C)cc2n1. The molecule has 124 valence electrons. The Balaban J connectivity index is 1.50. The summed E-state index contributed by atoms with van der Waals surface area (Å²) in [6.45, 7) is 9.27. The number of benzene rings is 1. The molecule has 1 aliphatic rings. The largest absolute Gasteiger partial charge is 0.354 e. The number of anilines is 1. The van der Waals surface area contributed by atoms with Gasteiger partial charge in [0.1, 0.15) is 5.82 Å². The first-order valence-corrected chi connectivity index (χ1v) is 8.54. The smallest absolute Gasteiger partial charge is 0.157 e. The Hall–Kier alpha value is -2.40. The molecule has 1 fully saturated rings. The van der Waals surface area contributed by atoms with Crippen LogP contribution in [0.3, 0.4) is 0 Å². The number of aryl methyl sites for hydroxylation is 2. The lowest BCUT2D eigenvalue weighted by atomic mass is 10.2. The first-order valence-electron chi connectivity index (χ1n) is 8.54. The van der Waals surface area contributed by atoms with Gasteiger partial charge in [0.2, 0.25) is 0 Å². The minimum Gasteiger partial charge on any atom is -0.354 e. The van der Waals surface area contributed by atoms with Gasteiger partial charge in [0.05, 0.1) is 5.69 Å². The van der Waals surface area contributed by atoms with Crippen LogP contribution in [0.25, 0.3) is 5.65 Å². The second-order valence-electron chi connectivity index (χ2n) is 6.56. The van der Waals surface area contributed by atoms with Crippen LogP contribution in [0, 0.1) is 13.8 Å². The second kappa shape index (κ2) is 6.24. The van der Waals surface area contributed by atoms with Gasteiger partial charge < -0.3 is 4.90 Å². The maximum atomic E-state index is 4.62. The van der Waals surface area contributed by atoms with Gasteiger partial charge in [-0.25, -0.2) is 4.98 Å². The quantitative estimate of drug-likeness (QED) is 0.743. The number of aromatic nitrogens is 3. The molecule has 0 atom stereocenters. The maximum Gasteiger partial charge on any atom is 0.157 e. The summed E-state index contributed by atoms with van der Waals surface area (Å²) in [6, 6.07) is 14.9. The third-order valence-electron chi connectivity index (χ3n) is 4.60. The second-order valence-corrected chi connectivity index (χ2v) is 6.56. The minimum atomic E-state index is 0.939. The number of rotatable bonds is 3. The first kappa shape index (κ1) is 15.1. The van der Waals surface area contributed by atoms with Crippen LogP contribution >= 0.6 is 0 Å². The van der Waals surface area contributed by atoms with Crippen molar-refractivity contribution in [2.75, 3.05) is 31.1 Å². The molecule has 0 bridgehead atoms. The van der Waals surface area contributed by atoms with E-state index in [1.54, 1.807) is 0 Å². The zero-order chi connectivity index (χ0) is 16.5. The molecule has 24 heavy (non-hydrogen) atoms. The third kappa shape index (κ3) is 2.99. The highest BCUT2D eigenvalue weighted by Gasteiger charge is 2.20. The average Bonchev–Trinajstić information content (AvgIpc) is 2.96. The summed E-state index contributed by atoms with van der Waals surface area (Å²) in [5.74, 6) is 1.16. The Kier molecular flexibility index (Phi) is 3.94. The molecule has 2 aromatic heterocycles. The van der Waals surface area contributed by atoms with Crippen LogP contribution in [-0.4, -0.2) is 45.7 Å². The molecule has 0 N–H and O–H groups in total. The van der Waals surface area contributed by atoms with Crippen molar-refractivity contribution < 1.29 is 0 Å². The summed E-state index contributed by atoms with van der Waals surface area (Å²) in [5.41, 5.74) is 4.38. The van der Waals surface area contributed by atoms with Crippen molar-refractivity contribution >= 4 is 11.5 Å². The molecular weight excluding hydrogens is 298 g/mol. The average molecular weight is 321 g/mol. The van der Waals surface area contributed by atoms with E-state index in [-0.39, 0.29) is 0 Å². The molecule has 0 aliphatic carbocycles. The molecule has 3 heterocycles. The van der Waals surface area contributed by atoms with Crippen LogP contribution in [0.4, 0.5) is 5.82 Å². The van der Waals surface area contributed by atoms with Gasteiger partial charge in [-0.2, -0.15) is 9.61 Å². The summed E-state index contributed by atoms with van der Waals surface area (Å²) in [6.07, 6.45) is 0. The summed E-state index contributed by atoms with van der Waals surface area (Å²) >= 11 is 0. The molecule has 0 amide bonds.